The van der Waals surface area contributed by atoms with Crippen LogP contribution in [0, 0.1) is 0 Å². The molecule has 0 aliphatic carbocycles. The van der Waals surface area contributed by atoms with Crippen LogP contribution in [0.3, 0.4) is 0 Å². The molecule has 0 aromatic carbocycles. The Labute approximate surface area is 104 Å². The second-order valence-corrected chi connectivity index (χ2v) is 13.9. The molecule has 1 atom stereocenters. The molecule has 1 nitrogen and oxygen atoms in total. The Balaban J connectivity index is 4.15. The van der Waals surface area contributed by atoms with Gasteiger partial charge in [-0.1, -0.05) is 0 Å². The van der Waals surface area contributed by atoms with Gasteiger partial charge in [0.05, 0.1) is 0 Å². The fraction of sp³-hybridized carbons (Fsp3) is 1.00. The zero-order valence-electron chi connectivity index (χ0n) is 9.48. The van der Waals surface area contributed by atoms with E-state index in [2.05, 4.69) is 37.5 Å². The van der Waals surface area contributed by atoms with Gasteiger partial charge in [-0.05, 0) is 0 Å². The van der Waals surface area contributed by atoms with E-state index in [-0.39, 0.29) is 0 Å². The standard InChI is InChI=1S/C8H17IN.2Al.4H/c1-6(2)9-7(3)8(4,5)10;;;;;;/h6-7H,1-5H3;;;;;;/q-1;;;;;;. The van der Waals surface area contributed by atoms with Crippen LogP contribution in [0.1, 0.15) is 34.6 Å². The van der Waals surface area contributed by atoms with Crippen LogP contribution in [0.25, 0.3) is 0 Å². The first-order valence-corrected chi connectivity index (χ1v) is 8.86. The Morgan fingerprint density at radius 2 is 1.58 bits per heavy atom. The Kier molecular flexibility index (Phi) is 6.41. The van der Waals surface area contributed by atoms with Gasteiger partial charge in [-0.25, -0.2) is 0 Å². The zero-order valence-corrected chi connectivity index (χ0v) is 15.6. The van der Waals surface area contributed by atoms with Gasteiger partial charge >= 0.3 is 105 Å². The summed E-state index contributed by atoms with van der Waals surface area (Å²) in [6.07, 6.45) is 0. The van der Waals surface area contributed by atoms with Crippen molar-refractivity contribution in [1.82, 2.24) is 2.87 Å². The fourth-order valence-corrected chi connectivity index (χ4v) is 6.31. The number of rotatable bonds is 4. The van der Waals surface area contributed by atoms with Gasteiger partial charge in [0.1, 0.15) is 0 Å². The number of hydrogen-bond donors (Lipinski definition) is 0. The van der Waals surface area contributed by atoms with E-state index in [0.29, 0.717) is 26.7 Å². The molecule has 0 heterocycles. The van der Waals surface area contributed by atoms with Gasteiger partial charge in [0.15, 0.2) is 0 Å². The van der Waals surface area contributed by atoms with Crippen molar-refractivity contribution in [2.45, 2.75) is 48.0 Å². The van der Waals surface area contributed by atoms with Crippen LogP contribution in [0.5, 0.6) is 0 Å². The van der Waals surface area contributed by atoms with Crippen LogP contribution in [-0.4, -0.2) is 49.3 Å². The summed E-state index contributed by atoms with van der Waals surface area (Å²) in [6.45, 7) is 12.0. The first-order chi connectivity index (χ1) is 5.28. The molecular weight excluding hydrogens is 291 g/mol. The van der Waals surface area contributed by atoms with E-state index in [0.717, 1.165) is 7.85 Å². The first-order valence-electron chi connectivity index (χ1n) is 4.58. The van der Waals surface area contributed by atoms with Crippen LogP contribution in [0.4, 0.5) is 0 Å². The molecule has 72 valence electrons. The summed E-state index contributed by atoms with van der Waals surface area (Å²) in [4.78, 5) is 0. The molecule has 0 fully saturated rings. The average Bonchev–Trinajstić information content (AvgIpc) is 1.85. The quantitative estimate of drug-likeness (QED) is 0.305. The van der Waals surface area contributed by atoms with Crippen molar-refractivity contribution in [3.63, 3.8) is 0 Å². The molecule has 0 radical (unpaired) electrons. The van der Waals surface area contributed by atoms with Crippen LogP contribution in [-0.2, 0) is 0 Å². The SMILES string of the molecule is CC(C)[I-]C(C)C(C)(C)[N]([AlH2])[AlH2]. The molecule has 0 spiro atoms. The summed E-state index contributed by atoms with van der Waals surface area (Å²) in [6, 6.07) is 0. The maximum atomic E-state index is 2.62. The van der Waals surface area contributed by atoms with Crippen molar-refractivity contribution in [2.24, 2.45) is 0 Å². The summed E-state index contributed by atoms with van der Waals surface area (Å²) >= 11 is 2.86. The molecule has 0 amide bonds. The third-order valence-electron chi connectivity index (χ3n) is 2.57. The first kappa shape index (κ1) is 13.8. The van der Waals surface area contributed by atoms with E-state index >= 15 is 0 Å². The fourth-order valence-electron chi connectivity index (χ4n) is 0.888. The van der Waals surface area contributed by atoms with Gasteiger partial charge in [0.2, 0.25) is 0 Å². The molecule has 0 aliphatic rings. The normalized spacial score (nSPS) is 15.9. The van der Waals surface area contributed by atoms with Gasteiger partial charge in [-0.2, -0.15) is 0 Å². The van der Waals surface area contributed by atoms with Crippen molar-refractivity contribution in [1.29, 1.82) is 0 Å². The minimum atomic E-state index is 0.382. The van der Waals surface area contributed by atoms with Crippen LogP contribution in [0.15, 0.2) is 0 Å². The minimum absolute atomic E-state index is 0.382. The monoisotopic (exact) mass is 312 g/mol. The van der Waals surface area contributed by atoms with Gasteiger partial charge in [-0.15, -0.1) is 0 Å². The van der Waals surface area contributed by atoms with Gasteiger partial charge in [0, 0.05) is 0 Å². The summed E-state index contributed by atoms with van der Waals surface area (Å²) in [5, 5.41) is 0. The summed E-state index contributed by atoms with van der Waals surface area (Å²) in [5.74, 6) is 0. The van der Waals surface area contributed by atoms with Gasteiger partial charge in [0.25, 0.3) is 0 Å². The van der Waals surface area contributed by atoms with E-state index in [4.69, 9.17) is 0 Å². The van der Waals surface area contributed by atoms with Crippen molar-refractivity contribution in [2.75, 3.05) is 0 Å². The predicted molar refractivity (Wildman–Crippen MR) is 57.6 cm³/mol. The van der Waals surface area contributed by atoms with E-state index in [1.807, 2.05) is 0 Å². The Morgan fingerprint density at radius 3 is 1.83 bits per heavy atom. The Bertz CT molecular complexity index is 137. The summed E-state index contributed by atoms with van der Waals surface area (Å²) in [5.41, 5.74) is 0.496. The van der Waals surface area contributed by atoms with Crippen molar-refractivity contribution in [3.05, 3.63) is 0 Å². The second-order valence-electron chi connectivity index (χ2n) is 4.30. The molecule has 12 heavy (non-hydrogen) atoms. The van der Waals surface area contributed by atoms with E-state index < -0.39 is 0 Å². The maximum absolute atomic E-state index is 2.62. The Hall–Kier alpha value is 1.75. The summed E-state index contributed by atoms with van der Waals surface area (Å²) < 4.78 is 4.51. The third-order valence-corrected chi connectivity index (χ3v) is 8.91. The number of hydrogen-bond acceptors (Lipinski definition) is 1. The van der Waals surface area contributed by atoms with Crippen LogP contribution < -0.4 is 21.2 Å². The molecule has 0 aliphatic heterocycles. The van der Waals surface area contributed by atoms with Crippen molar-refractivity contribution in [3.8, 4) is 0 Å². The van der Waals surface area contributed by atoms with Gasteiger partial charge in [-0.3, -0.25) is 0 Å². The van der Waals surface area contributed by atoms with Crippen molar-refractivity contribution >= 4 is 33.0 Å². The predicted octanol–water partition coefficient (Wildman–Crippen LogP) is -2.95. The number of nitrogens with zero attached hydrogens (tertiary/aromatic N) is 1. The van der Waals surface area contributed by atoms with Gasteiger partial charge < -0.3 is 0 Å². The molecule has 0 N–H and O–H groups in total. The molecule has 0 saturated carbocycles. The molecule has 0 aromatic rings. The third kappa shape index (κ3) is 4.31. The average molecular weight is 312 g/mol. The number of alkyl halides is 2. The van der Waals surface area contributed by atoms with E-state index in [1.54, 1.807) is 0 Å². The second kappa shape index (κ2) is 5.59. The van der Waals surface area contributed by atoms with Crippen molar-refractivity contribution < 1.29 is 21.2 Å². The Morgan fingerprint density at radius 1 is 1.17 bits per heavy atom. The van der Waals surface area contributed by atoms with E-state index in [1.165, 1.54) is 33.0 Å². The molecule has 1 unspecified atom stereocenters. The molecule has 0 bridgehead atoms. The molecule has 0 rings (SSSR count). The summed E-state index contributed by atoms with van der Waals surface area (Å²) in [7, 11) is 0. The topological polar surface area (TPSA) is 3.24 Å². The van der Waals surface area contributed by atoms with Crippen LogP contribution >= 0.6 is 0 Å². The van der Waals surface area contributed by atoms with Crippen LogP contribution in [0.2, 0.25) is 0 Å². The van der Waals surface area contributed by atoms with E-state index in [9.17, 15) is 0 Å². The molecule has 0 aromatic heterocycles. The molecule has 4 heteroatoms. The molecular formula is C8H21Al2IN-. The zero-order chi connectivity index (χ0) is 9.94. The molecule has 0 saturated heterocycles. The number of halogens is 1.